The van der Waals surface area contributed by atoms with Gasteiger partial charge in [-0.05, 0) is 30.5 Å². The van der Waals surface area contributed by atoms with E-state index in [9.17, 15) is 18.7 Å². The van der Waals surface area contributed by atoms with Gasteiger partial charge in [0.1, 0.15) is 0 Å². The van der Waals surface area contributed by atoms with E-state index in [4.69, 9.17) is 5.11 Å². The number of aliphatic hydroxyl groups excluding tert-OH is 1. The molecule has 0 aliphatic carbocycles. The average Bonchev–Trinajstić information content (AvgIpc) is 2.32. The van der Waals surface area contributed by atoms with Gasteiger partial charge in [-0.1, -0.05) is 6.07 Å². The first-order chi connectivity index (χ1) is 8.49. The largest absolute Gasteiger partial charge is 0.465 e. The summed E-state index contributed by atoms with van der Waals surface area (Å²) in [5.41, 5.74) is 0.357. The normalized spacial score (nSPS) is 24.1. The molecule has 0 saturated carbocycles. The van der Waals surface area contributed by atoms with E-state index in [0.29, 0.717) is 12.0 Å². The van der Waals surface area contributed by atoms with Gasteiger partial charge in [0.15, 0.2) is 11.6 Å². The van der Waals surface area contributed by atoms with Crippen molar-refractivity contribution in [3.8, 4) is 0 Å². The van der Waals surface area contributed by atoms with Gasteiger partial charge in [0.2, 0.25) is 0 Å². The lowest BCUT2D eigenvalue weighted by Gasteiger charge is -2.36. The van der Waals surface area contributed by atoms with E-state index in [1.54, 1.807) is 0 Å². The molecule has 1 amide bonds. The molecule has 98 valence electrons. The van der Waals surface area contributed by atoms with Gasteiger partial charge in [0, 0.05) is 6.54 Å². The number of hydrogen-bond donors (Lipinski definition) is 2. The van der Waals surface area contributed by atoms with Gasteiger partial charge < -0.3 is 15.1 Å². The molecule has 2 unspecified atom stereocenters. The van der Waals surface area contributed by atoms with Crippen molar-refractivity contribution in [3.63, 3.8) is 0 Å². The maximum absolute atomic E-state index is 13.2. The van der Waals surface area contributed by atoms with Crippen LogP contribution in [0.5, 0.6) is 0 Å². The molecule has 2 N–H and O–H groups in total. The van der Waals surface area contributed by atoms with Gasteiger partial charge in [-0.15, -0.1) is 0 Å². The summed E-state index contributed by atoms with van der Waals surface area (Å²) < 4.78 is 26.0. The van der Waals surface area contributed by atoms with Crippen LogP contribution in [0, 0.1) is 11.6 Å². The molecule has 0 bridgehead atoms. The third-order valence-corrected chi connectivity index (χ3v) is 3.15. The molecule has 0 aromatic heterocycles. The first kappa shape index (κ1) is 12.8. The summed E-state index contributed by atoms with van der Waals surface area (Å²) in [6, 6.07) is 2.65. The van der Waals surface area contributed by atoms with Crippen LogP contribution < -0.4 is 0 Å². The van der Waals surface area contributed by atoms with E-state index in [0.717, 1.165) is 17.0 Å². The molecular weight excluding hydrogens is 244 g/mol. The summed E-state index contributed by atoms with van der Waals surface area (Å²) in [6.07, 6.45) is -1.21. The number of carboxylic acid groups (broad SMARTS) is 1. The van der Waals surface area contributed by atoms with Crippen LogP contribution in [0.15, 0.2) is 18.2 Å². The van der Waals surface area contributed by atoms with Crippen molar-refractivity contribution in [2.24, 2.45) is 0 Å². The Balaban J connectivity index is 2.31. The molecule has 4 nitrogen and oxygen atoms in total. The van der Waals surface area contributed by atoms with Gasteiger partial charge in [0.25, 0.3) is 0 Å². The summed E-state index contributed by atoms with van der Waals surface area (Å²) in [4.78, 5) is 12.2. The topological polar surface area (TPSA) is 60.8 Å². The highest BCUT2D eigenvalue weighted by Crippen LogP contribution is 2.31. The highest BCUT2D eigenvalue weighted by molar-refractivity contribution is 5.66. The summed E-state index contributed by atoms with van der Waals surface area (Å²) in [5, 5.41) is 18.6. The monoisotopic (exact) mass is 257 g/mol. The molecule has 6 heteroatoms. The van der Waals surface area contributed by atoms with Crippen LogP contribution in [0.4, 0.5) is 13.6 Å². The molecule has 1 aliphatic heterocycles. The van der Waals surface area contributed by atoms with Crippen molar-refractivity contribution < 1.29 is 23.8 Å². The minimum atomic E-state index is -1.13. The first-order valence-electron chi connectivity index (χ1n) is 5.61. The van der Waals surface area contributed by atoms with Gasteiger partial charge in [0.05, 0.1) is 12.1 Å². The van der Waals surface area contributed by atoms with Crippen molar-refractivity contribution in [2.75, 3.05) is 6.54 Å². The fraction of sp³-hybridized carbons (Fsp3) is 0.417. The lowest BCUT2D eigenvalue weighted by molar-refractivity contribution is 0.0423. The molecule has 1 aliphatic rings. The number of nitrogens with zero attached hydrogens (tertiary/aromatic N) is 1. The van der Waals surface area contributed by atoms with E-state index in [1.165, 1.54) is 6.07 Å². The second kappa shape index (κ2) is 4.89. The van der Waals surface area contributed by atoms with Gasteiger partial charge >= 0.3 is 6.09 Å². The molecule has 0 radical (unpaired) electrons. The number of amides is 1. The second-order valence-corrected chi connectivity index (χ2v) is 4.34. The lowest BCUT2D eigenvalue weighted by Crippen LogP contribution is -2.41. The summed E-state index contributed by atoms with van der Waals surface area (Å²) in [5.74, 6) is -1.99. The lowest BCUT2D eigenvalue weighted by atomic mass is 9.93. The fourth-order valence-corrected chi connectivity index (χ4v) is 2.21. The van der Waals surface area contributed by atoms with Crippen LogP contribution in [0.25, 0.3) is 0 Å². The summed E-state index contributed by atoms with van der Waals surface area (Å²) in [7, 11) is 0. The number of halogens is 2. The van der Waals surface area contributed by atoms with E-state index in [2.05, 4.69) is 0 Å². The van der Waals surface area contributed by atoms with E-state index < -0.39 is 29.9 Å². The quantitative estimate of drug-likeness (QED) is 0.810. The third kappa shape index (κ3) is 2.43. The molecule has 1 saturated heterocycles. The van der Waals surface area contributed by atoms with Crippen LogP contribution in [-0.2, 0) is 0 Å². The van der Waals surface area contributed by atoms with Crippen molar-refractivity contribution in [2.45, 2.75) is 25.0 Å². The molecule has 1 aromatic carbocycles. The fourth-order valence-electron chi connectivity index (χ4n) is 2.21. The molecule has 18 heavy (non-hydrogen) atoms. The molecular formula is C12H13F2NO3. The maximum atomic E-state index is 13.2. The van der Waals surface area contributed by atoms with Crippen LogP contribution in [-0.4, -0.2) is 33.9 Å². The zero-order valence-corrected chi connectivity index (χ0v) is 9.51. The highest BCUT2D eigenvalue weighted by Gasteiger charge is 2.32. The minimum Gasteiger partial charge on any atom is -0.465 e. The first-order valence-corrected chi connectivity index (χ1v) is 5.61. The Morgan fingerprint density at radius 2 is 2.06 bits per heavy atom. The molecule has 1 heterocycles. The van der Waals surface area contributed by atoms with Crippen molar-refractivity contribution in [1.29, 1.82) is 0 Å². The predicted octanol–water partition coefficient (Wildman–Crippen LogP) is 2.14. The van der Waals surface area contributed by atoms with Crippen LogP contribution in [0.3, 0.4) is 0 Å². The molecule has 1 aromatic rings. The SMILES string of the molecule is O=C(O)N1CCC(O)CC1c1ccc(F)c(F)c1. The third-order valence-electron chi connectivity index (χ3n) is 3.15. The Morgan fingerprint density at radius 1 is 1.33 bits per heavy atom. The Bertz CT molecular complexity index is 467. The predicted molar refractivity (Wildman–Crippen MR) is 59.1 cm³/mol. The van der Waals surface area contributed by atoms with Gasteiger partial charge in [-0.2, -0.15) is 0 Å². The van der Waals surface area contributed by atoms with E-state index in [-0.39, 0.29) is 13.0 Å². The molecule has 2 atom stereocenters. The maximum Gasteiger partial charge on any atom is 0.407 e. The van der Waals surface area contributed by atoms with Crippen molar-refractivity contribution >= 4 is 6.09 Å². The molecule has 0 spiro atoms. The number of piperidine rings is 1. The zero-order chi connectivity index (χ0) is 13.3. The van der Waals surface area contributed by atoms with Gasteiger partial charge in [-0.3, -0.25) is 0 Å². The Labute approximate surface area is 102 Å². The smallest absolute Gasteiger partial charge is 0.407 e. The minimum absolute atomic E-state index is 0.181. The van der Waals surface area contributed by atoms with Crippen molar-refractivity contribution in [3.05, 3.63) is 35.4 Å². The summed E-state index contributed by atoms with van der Waals surface area (Å²) in [6.45, 7) is 0.181. The highest BCUT2D eigenvalue weighted by atomic mass is 19.2. The average molecular weight is 257 g/mol. The number of likely N-dealkylation sites (tertiary alicyclic amines) is 1. The number of aliphatic hydroxyl groups is 1. The van der Waals surface area contributed by atoms with Crippen LogP contribution in [0.1, 0.15) is 24.4 Å². The molecule has 2 rings (SSSR count). The number of benzene rings is 1. The number of hydrogen-bond acceptors (Lipinski definition) is 2. The van der Waals surface area contributed by atoms with E-state index in [1.807, 2.05) is 0 Å². The molecule has 1 fully saturated rings. The van der Waals surface area contributed by atoms with E-state index >= 15 is 0 Å². The zero-order valence-electron chi connectivity index (χ0n) is 9.51. The summed E-state index contributed by atoms with van der Waals surface area (Å²) >= 11 is 0. The van der Waals surface area contributed by atoms with Gasteiger partial charge in [-0.25, -0.2) is 13.6 Å². The van der Waals surface area contributed by atoms with Crippen LogP contribution in [0.2, 0.25) is 0 Å². The Kier molecular flexibility index (Phi) is 3.47. The number of carbonyl (C=O) groups is 1. The van der Waals surface area contributed by atoms with Crippen LogP contribution >= 0.6 is 0 Å². The Morgan fingerprint density at radius 3 is 2.67 bits per heavy atom. The number of rotatable bonds is 1. The second-order valence-electron chi connectivity index (χ2n) is 4.34. The van der Waals surface area contributed by atoms with Crippen molar-refractivity contribution in [1.82, 2.24) is 4.90 Å². The standard InChI is InChI=1S/C12H13F2NO3/c13-9-2-1-7(5-10(9)14)11-6-8(16)3-4-15(11)12(17)18/h1-2,5,8,11,16H,3-4,6H2,(H,17,18). The Hall–Kier alpha value is -1.69.